The van der Waals surface area contributed by atoms with E-state index in [1.807, 2.05) is 6.92 Å². The Balaban J connectivity index is 0.000000404. The maximum absolute atomic E-state index is 10.4. The number of likely N-dealkylation sites (N-methyl/N-ethyl adjacent to an activating group) is 4. The van der Waals surface area contributed by atoms with Crippen molar-refractivity contribution in [3.05, 3.63) is 29.8 Å². The minimum absolute atomic E-state index is 0.178. The molecule has 1 aromatic rings. The highest BCUT2D eigenvalue weighted by atomic mass is 32.2. The summed E-state index contributed by atoms with van der Waals surface area (Å²) in [6.07, 6.45) is 5.69. The number of thioether (sulfide) groups is 2. The van der Waals surface area contributed by atoms with Crippen molar-refractivity contribution in [3.8, 4) is 0 Å². The molecular weight excluding hydrogens is 549 g/mol. The smallest absolute Gasteiger partial charge is 0.129 e. The van der Waals surface area contributed by atoms with Crippen LogP contribution in [-0.2, 0) is 10.1 Å². The molecule has 0 radical (unpaired) electrons. The first kappa shape index (κ1) is 34.9. The molecule has 0 aromatic heterocycles. The average molecular weight is 606 g/mol. The van der Waals surface area contributed by atoms with Gasteiger partial charge in [0, 0.05) is 0 Å². The summed E-state index contributed by atoms with van der Waals surface area (Å²) in [7, 11) is 10.2. The Morgan fingerprint density at radius 1 is 0.641 bits per heavy atom. The molecule has 3 rings (SSSR count). The molecular formula is C29H57N4O3S3+3. The minimum atomic E-state index is -4.27. The summed E-state index contributed by atoms with van der Waals surface area (Å²) in [5.41, 5.74) is 0.928. The van der Waals surface area contributed by atoms with Crippen molar-refractivity contribution in [1.29, 1.82) is 0 Å². The van der Waals surface area contributed by atoms with E-state index < -0.39 is 10.1 Å². The zero-order valence-electron chi connectivity index (χ0n) is 25.9. The van der Waals surface area contributed by atoms with Gasteiger partial charge in [-0.25, -0.2) is 8.42 Å². The van der Waals surface area contributed by atoms with E-state index in [0.717, 1.165) is 5.56 Å². The third-order valence-electron chi connectivity index (χ3n) is 8.42. The van der Waals surface area contributed by atoms with Crippen LogP contribution in [0.1, 0.15) is 31.2 Å². The van der Waals surface area contributed by atoms with Gasteiger partial charge < -0.3 is 22.5 Å². The third kappa shape index (κ3) is 13.9. The molecule has 0 amide bonds. The summed E-state index contributed by atoms with van der Waals surface area (Å²) in [6, 6.07) is 5.78. The van der Waals surface area contributed by atoms with Gasteiger partial charge in [0.2, 0.25) is 0 Å². The fraction of sp³-hybridized carbons (Fsp3) is 0.793. The van der Waals surface area contributed by atoms with E-state index in [0.29, 0.717) is 0 Å². The highest BCUT2D eigenvalue weighted by molar-refractivity contribution is 7.99. The molecule has 0 saturated carbocycles. The first-order chi connectivity index (χ1) is 18.0. The highest BCUT2D eigenvalue weighted by Gasteiger charge is 2.35. The molecule has 0 aliphatic carbocycles. The second-order valence-electron chi connectivity index (χ2n) is 13.7. The van der Waals surface area contributed by atoms with Crippen LogP contribution >= 0.6 is 23.5 Å². The third-order valence-corrected chi connectivity index (χ3v) is 12.0. The summed E-state index contributed by atoms with van der Waals surface area (Å²) in [4.78, 5) is -0.178. The van der Waals surface area contributed by atoms with E-state index in [1.165, 1.54) is 131 Å². The van der Waals surface area contributed by atoms with Crippen LogP contribution in [0.15, 0.2) is 29.2 Å². The SMILES string of the molecule is C[N+]1(C)CC[N+](C)(CSCCCCCCSC[N+]2(C)CC[N+](C)(C)CC2)CC1.Cc1ccc(S(=O)(=O)[O-])cc1. The lowest BCUT2D eigenvalue weighted by Crippen LogP contribution is -2.62. The Bertz CT molecular complexity index is 906. The molecule has 226 valence electrons. The monoisotopic (exact) mass is 605 g/mol. The van der Waals surface area contributed by atoms with Crippen molar-refractivity contribution in [2.24, 2.45) is 0 Å². The van der Waals surface area contributed by atoms with E-state index in [9.17, 15) is 13.0 Å². The molecule has 2 fully saturated rings. The van der Waals surface area contributed by atoms with Crippen LogP contribution in [0.4, 0.5) is 0 Å². The number of hydrogen-bond acceptors (Lipinski definition) is 5. The Morgan fingerprint density at radius 2 is 1.00 bits per heavy atom. The summed E-state index contributed by atoms with van der Waals surface area (Å²) in [5, 5.41) is 0. The Kier molecular flexibility index (Phi) is 13.6. The summed E-state index contributed by atoms with van der Waals surface area (Å²) < 4.78 is 36.2. The molecule has 7 nitrogen and oxygen atoms in total. The molecule has 2 aliphatic rings. The van der Waals surface area contributed by atoms with Gasteiger partial charge in [0.1, 0.15) is 74.2 Å². The predicted molar refractivity (Wildman–Crippen MR) is 168 cm³/mol. The largest absolute Gasteiger partial charge is 0.744 e. The van der Waals surface area contributed by atoms with Crippen LogP contribution in [0.5, 0.6) is 0 Å². The van der Waals surface area contributed by atoms with Gasteiger partial charge in [-0.15, -0.1) is 23.5 Å². The molecule has 0 unspecified atom stereocenters. The Labute approximate surface area is 249 Å². The van der Waals surface area contributed by atoms with Crippen molar-refractivity contribution in [3.63, 3.8) is 0 Å². The van der Waals surface area contributed by atoms with Crippen LogP contribution in [0.3, 0.4) is 0 Å². The quantitative estimate of drug-likeness (QED) is 0.206. The van der Waals surface area contributed by atoms with E-state index in [2.05, 4.69) is 65.8 Å². The highest BCUT2D eigenvalue weighted by Crippen LogP contribution is 2.21. The minimum Gasteiger partial charge on any atom is -0.744 e. The topological polar surface area (TPSA) is 57.2 Å². The number of unbranched alkanes of at least 4 members (excludes halogenated alkanes) is 3. The van der Waals surface area contributed by atoms with Crippen molar-refractivity contribution in [1.82, 2.24) is 0 Å². The van der Waals surface area contributed by atoms with Gasteiger partial charge in [0.05, 0.1) is 47.2 Å². The maximum Gasteiger partial charge on any atom is 0.129 e. The van der Waals surface area contributed by atoms with Crippen LogP contribution in [0.25, 0.3) is 0 Å². The Morgan fingerprint density at radius 3 is 1.33 bits per heavy atom. The number of rotatable bonds is 12. The number of hydrogen-bond donors (Lipinski definition) is 0. The van der Waals surface area contributed by atoms with Gasteiger partial charge in [-0.05, 0) is 43.4 Å². The number of quaternary nitrogens is 4. The van der Waals surface area contributed by atoms with Gasteiger partial charge >= 0.3 is 0 Å². The average Bonchev–Trinajstić information content (AvgIpc) is 2.85. The Hall–Kier alpha value is -0.330. The predicted octanol–water partition coefficient (Wildman–Crippen LogP) is 3.90. The lowest BCUT2D eigenvalue weighted by Gasteiger charge is -2.44. The lowest BCUT2D eigenvalue weighted by molar-refractivity contribution is -1.00. The van der Waals surface area contributed by atoms with Crippen molar-refractivity contribution >= 4 is 33.6 Å². The molecule has 0 bridgehead atoms. The first-order valence-electron chi connectivity index (χ1n) is 14.5. The van der Waals surface area contributed by atoms with Gasteiger partial charge in [-0.1, -0.05) is 30.5 Å². The zero-order chi connectivity index (χ0) is 29.2. The van der Waals surface area contributed by atoms with E-state index in [1.54, 1.807) is 12.1 Å². The van der Waals surface area contributed by atoms with E-state index >= 15 is 0 Å². The van der Waals surface area contributed by atoms with E-state index in [4.69, 9.17) is 0 Å². The molecule has 10 heteroatoms. The summed E-state index contributed by atoms with van der Waals surface area (Å²) in [6.45, 7) is 12.6. The van der Waals surface area contributed by atoms with Crippen LogP contribution in [-0.4, -0.2) is 149 Å². The molecule has 39 heavy (non-hydrogen) atoms. The fourth-order valence-corrected chi connectivity index (χ4v) is 7.73. The second-order valence-corrected chi connectivity index (χ2v) is 17.2. The molecule has 0 spiro atoms. The van der Waals surface area contributed by atoms with Crippen molar-refractivity contribution in [2.75, 3.05) is 118 Å². The molecule has 2 saturated heterocycles. The van der Waals surface area contributed by atoms with Crippen LogP contribution in [0.2, 0.25) is 0 Å². The molecule has 0 atom stereocenters. The maximum atomic E-state index is 10.4. The lowest BCUT2D eigenvalue weighted by atomic mass is 10.2. The molecule has 2 heterocycles. The van der Waals surface area contributed by atoms with Gasteiger partial charge in [0.15, 0.2) is 0 Å². The standard InChI is InChI=1S/C22H50N4S2.C7H8O3S/c1-23(2)11-15-25(5,16-12-23)21-27-19-9-7-8-10-20-28-22-26(6)17-13-24(3,4)14-18-26;1-6-2-4-7(5-3-6)11(8,9)10/h7-22H2,1-6H3;2-5H,1H3,(H,8,9,10)/q+4;/p-1. The second kappa shape index (κ2) is 15.2. The van der Waals surface area contributed by atoms with Gasteiger partial charge in [0.25, 0.3) is 0 Å². The van der Waals surface area contributed by atoms with Crippen molar-refractivity contribution < 1.29 is 30.9 Å². The van der Waals surface area contributed by atoms with E-state index in [-0.39, 0.29) is 4.90 Å². The van der Waals surface area contributed by atoms with Gasteiger partial charge in [-0.3, -0.25) is 0 Å². The number of benzene rings is 1. The van der Waals surface area contributed by atoms with Crippen molar-refractivity contribution in [2.45, 2.75) is 37.5 Å². The molecule has 2 aliphatic heterocycles. The summed E-state index contributed by atoms with van der Waals surface area (Å²) >= 11 is 4.40. The molecule has 0 N–H and O–H groups in total. The zero-order valence-corrected chi connectivity index (χ0v) is 28.3. The number of aryl methyl sites for hydroxylation is 1. The summed E-state index contributed by atoms with van der Waals surface area (Å²) in [5.74, 6) is 5.37. The van der Waals surface area contributed by atoms with Crippen LogP contribution < -0.4 is 0 Å². The fourth-order valence-electron chi connectivity index (χ4n) is 4.79. The van der Waals surface area contributed by atoms with Crippen LogP contribution in [0, 0.1) is 6.92 Å². The number of nitrogens with zero attached hydrogens (tertiary/aromatic N) is 4. The normalized spacial score (nSPS) is 21.5. The van der Waals surface area contributed by atoms with Gasteiger partial charge in [-0.2, -0.15) is 0 Å². The first-order valence-corrected chi connectivity index (χ1v) is 18.2. The number of piperazine rings is 2. The molecule has 1 aromatic carbocycles.